The summed E-state index contributed by atoms with van der Waals surface area (Å²) in [5, 5.41) is 11.0. The molecule has 2 aromatic carbocycles. The lowest BCUT2D eigenvalue weighted by Crippen LogP contribution is -2.07. The van der Waals surface area contributed by atoms with Crippen LogP contribution in [-0.2, 0) is 0 Å². The zero-order valence-corrected chi connectivity index (χ0v) is 11.9. The van der Waals surface area contributed by atoms with Gasteiger partial charge in [-0.1, -0.05) is 29.8 Å². The molecule has 0 bridgehead atoms. The molecule has 1 nitrogen and oxygen atoms in total. The molecule has 0 amide bonds. The van der Waals surface area contributed by atoms with Crippen molar-refractivity contribution in [2.24, 2.45) is 0 Å². The zero-order valence-electron chi connectivity index (χ0n) is 11.2. The number of hydrogen-bond acceptors (Lipinski definition) is 1. The van der Waals surface area contributed by atoms with Gasteiger partial charge in [0.1, 0.15) is 11.9 Å². The summed E-state index contributed by atoms with van der Waals surface area (Å²) in [6.45, 7) is 5.45. The molecule has 1 N–H and O–H groups in total. The van der Waals surface area contributed by atoms with Crippen molar-refractivity contribution in [3.8, 4) is 0 Å². The van der Waals surface area contributed by atoms with Crippen LogP contribution < -0.4 is 0 Å². The lowest BCUT2D eigenvalue weighted by atomic mass is 9.93. The smallest absolute Gasteiger partial charge is 0.129 e. The fourth-order valence-corrected chi connectivity index (χ4v) is 2.53. The van der Waals surface area contributed by atoms with Crippen molar-refractivity contribution < 1.29 is 9.50 Å². The molecule has 0 saturated carbocycles. The molecule has 0 aliphatic carbocycles. The van der Waals surface area contributed by atoms with Crippen LogP contribution in [-0.4, -0.2) is 5.11 Å². The van der Waals surface area contributed by atoms with E-state index in [4.69, 9.17) is 11.6 Å². The second-order valence-corrected chi connectivity index (χ2v) is 5.24. The fourth-order valence-electron chi connectivity index (χ4n) is 2.35. The summed E-state index contributed by atoms with van der Waals surface area (Å²) in [6, 6.07) is 8.58. The number of aliphatic hydroxyl groups is 1. The SMILES string of the molecule is Cc1cc(C)c(C(O)c2cccc(Cl)c2C)c(F)c1. The molecule has 19 heavy (non-hydrogen) atoms. The Hall–Kier alpha value is -1.38. The van der Waals surface area contributed by atoms with Gasteiger partial charge in [0.15, 0.2) is 0 Å². The van der Waals surface area contributed by atoms with E-state index in [1.807, 2.05) is 19.9 Å². The van der Waals surface area contributed by atoms with Gasteiger partial charge >= 0.3 is 0 Å². The van der Waals surface area contributed by atoms with Gasteiger partial charge in [-0.05, 0) is 55.2 Å². The van der Waals surface area contributed by atoms with Gasteiger partial charge in [-0.15, -0.1) is 0 Å². The number of hydrogen-bond donors (Lipinski definition) is 1. The molecule has 0 fully saturated rings. The molecule has 1 atom stereocenters. The Morgan fingerprint density at radius 1 is 1.16 bits per heavy atom. The average molecular weight is 279 g/mol. The Balaban J connectivity index is 2.56. The number of halogens is 2. The van der Waals surface area contributed by atoms with Gasteiger partial charge in [0.25, 0.3) is 0 Å². The Kier molecular flexibility index (Phi) is 3.93. The molecule has 0 radical (unpaired) electrons. The van der Waals surface area contributed by atoms with Crippen LogP contribution >= 0.6 is 11.6 Å². The van der Waals surface area contributed by atoms with Crippen molar-refractivity contribution in [1.29, 1.82) is 0 Å². The normalized spacial score (nSPS) is 12.5. The van der Waals surface area contributed by atoms with Crippen molar-refractivity contribution in [3.63, 3.8) is 0 Å². The van der Waals surface area contributed by atoms with Crippen LogP contribution in [0.15, 0.2) is 30.3 Å². The molecular formula is C16H16ClFO. The molecule has 0 heterocycles. The summed E-state index contributed by atoms with van der Waals surface area (Å²) in [4.78, 5) is 0. The van der Waals surface area contributed by atoms with E-state index in [1.165, 1.54) is 6.07 Å². The van der Waals surface area contributed by atoms with Crippen molar-refractivity contribution in [2.75, 3.05) is 0 Å². The van der Waals surface area contributed by atoms with Crippen molar-refractivity contribution in [1.82, 2.24) is 0 Å². The van der Waals surface area contributed by atoms with Gasteiger partial charge in [0.2, 0.25) is 0 Å². The molecule has 100 valence electrons. The highest BCUT2D eigenvalue weighted by atomic mass is 35.5. The molecule has 2 aromatic rings. The van der Waals surface area contributed by atoms with Crippen molar-refractivity contribution in [2.45, 2.75) is 26.9 Å². The van der Waals surface area contributed by atoms with E-state index in [0.29, 0.717) is 16.1 Å². The highest BCUT2D eigenvalue weighted by molar-refractivity contribution is 6.31. The maximum Gasteiger partial charge on any atom is 0.129 e. The minimum atomic E-state index is -1.00. The fraction of sp³-hybridized carbons (Fsp3) is 0.250. The largest absolute Gasteiger partial charge is 0.384 e. The first-order valence-electron chi connectivity index (χ1n) is 6.11. The molecule has 0 aliphatic rings. The molecule has 2 rings (SSSR count). The lowest BCUT2D eigenvalue weighted by Gasteiger charge is -2.18. The van der Waals surface area contributed by atoms with Gasteiger partial charge in [0.05, 0.1) is 0 Å². The second kappa shape index (κ2) is 5.32. The Labute approximate surface area is 117 Å². The number of aryl methyl sites for hydroxylation is 2. The minimum absolute atomic E-state index is 0.316. The maximum absolute atomic E-state index is 14.1. The quantitative estimate of drug-likeness (QED) is 0.858. The third kappa shape index (κ3) is 2.65. The predicted octanol–water partition coefficient (Wildman–Crippen LogP) is 4.49. The van der Waals surface area contributed by atoms with Crippen LogP contribution in [0, 0.1) is 26.6 Å². The van der Waals surface area contributed by atoms with E-state index in [2.05, 4.69) is 0 Å². The molecule has 0 aliphatic heterocycles. The Bertz CT molecular complexity index is 599. The van der Waals surface area contributed by atoms with E-state index >= 15 is 0 Å². The van der Waals surface area contributed by atoms with Gasteiger partial charge in [-0.25, -0.2) is 4.39 Å². The van der Waals surface area contributed by atoms with E-state index in [-0.39, 0.29) is 5.82 Å². The highest BCUT2D eigenvalue weighted by Gasteiger charge is 2.20. The molecule has 0 spiro atoms. The first kappa shape index (κ1) is 14.0. The number of benzene rings is 2. The van der Waals surface area contributed by atoms with Crippen LogP contribution in [0.25, 0.3) is 0 Å². The van der Waals surface area contributed by atoms with Gasteiger partial charge in [-0.2, -0.15) is 0 Å². The summed E-state index contributed by atoms with van der Waals surface area (Å²) in [7, 11) is 0. The van der Waals surface area contributed by atoms with E-state index in [1.54, 1.807) is 25.1 Å². The number of rotatable bonds is 2. The first-order chi connectivity index (χ1) is 8.91. The molecule has 3 heteroatoms. The van der Waals surface area contributed by atoms with Crippen LogP contribution in [0.1, 0.15) is 33.9 Å². The predicted molar refractivity (Wildman–Crippen MR) is 76.1 cm³/mol. The number of aliphatic hydroxyl groups excluding tert-OH is 1. The molecule has 1 unspecified atom stereocenters. The van der Waals surface area contributed by atoms with Crippen LogP contribution in [0.3, 0.4) is 0 Å². The monoisotopic (exact) mass is 278 g/mol. The molecule has 0 saturated heterocycles. The lowest BCUT2D eigenvalue weighted by molar-refractivity contribution is 0.213. The van der Waals surface area contributed by atoms with Gasteiger partial charge in [-0.3, -0.25) is 0 Å². The van der Waals surface area contributed by atoms with Crippen molar-refractivity contribution >= 4 is 11.6 Å². The average Bonchev–Trinajstić information content (AvgIpc) is 2.31. The topological polar surface area (TPSA) is 20.2 Å². The van der Waals surface area contributed by atoms with E-state index in [9.17, 15) is 9.50 Å². The Morgan fingerprint density at radius 3 is 2.47 bits per heavy atom. The third-order valence-corrected chi connectivity index (χ3v) is 3.77. The highest BCUT2D eigenvalue weighted by Crippen LogP contribution is 2.32. The summed E-state index contributed by atoms with van der Waals surface area (Å²) < 4.78 is 14.1. The minimum Gasteiger partial charge on any atom is -0.384 e. The summed E-state index contributed by atoms with van der Waals surface area (Å²) in [5.74, 6) is -0.385. The standard InChI is InChI=1S/C16H16ClFO/c1-9-7-10(2)15(14(18)8-9)16(19)12-5-4-6-13(17)11(12)3/h4-8,16,19H,1-3H3. The first-order valence-corrected chi connectivity index (χ1v) is 6.49. The van der Waals surface area contributed by atoms with Crippen LogP contribution in [0.5, 0.6) is 0 Å². The van der Waals surface area contributed by atoms with Crippen LogP contribution in [0.4, 0.5) is 4.39 Å². The van der Waals surface area contributed by atoms with Crippen LogP contribution in [0.2, 0.25) is 5.02 Å². The van der Waals surface area contributed by atoms with E-state index in [0.717, 1.165) is 16.7 Å². The Morgan fingerprint density at radius 2 is 1.84 bits per heavy atom. The third-order valence-electron chi connectivity index (χ3n) is 3.36. The summed E-state index contributed by atoms with van der Waals surface area (Å²) in [5.41, 5.74) is 3.31. The molecular weight excluding hydrogens is 263 g/mol. The summed E-state index contributed by atoms with van der Waals surface area (Å²) >= 11 is 6.05. The van der Waals surface area contributed by atoms with Gasteiger partial charge < -0.3 is 5.11 Å². The van der Waals surface area contributed by atoms with Gasteiger partial charge in [0, 0.05) is 10.6 Å². The maximum atomic E-state index is 14.1. The molecule has 0 aromatic heterocycles. The van der Waals surface area contributed by atoms with E-state index < -0.39 is 6.10 Å². The van der Waals surface area contributed by atoms with Crippen molar-refractivity contribution in [3.05, 3.63) is 69.0 Å². The second-order valence-electron chi connectivity index (χ2n) is 4.83. The zero-order chi connectivity index (χ0) is 14.2. The summed E-state index contributed by atoms with van der Waals surface area (Å²) in [6.07, 6.45) is -1.00.